The van der Waals surface area contributed by atoms with E-state index in [2.05, 4.69) is 6.92 Å². The van der Waals surface area contributed by atoms with Crippen molar-refractivity contribution in [3.05, 3.63) is 33.0 Å². The van der Waals surface area contributed by atoms with Crippen LogP contribution in [0.2, 0.25) is 0 Å². The number of fused-ring (bicyclic) bond motifs is 1. The lowest BCUT2D eigenvalue weighted by molar-refractivity contribution is -0.134. The Kier molecular flexibility index (Phi) is 4.41. The van der Waals surface area contributed by atoms with Gasteiger partial charge < -0.3 is 14.2 Å². The molecule has 1 aromatic rings. The molecule has 0 amide bonds. The lowest BCUT2D eigenvalue weighted by Gasteiger charge is -2.27. The first-order valence-corrected chi connectivity index (χ1v) is 8.41. The predicted molar refractivity (Wildman–Crippen MR) is 89.9 cm³/mol. The van der Waals surface area contributed by atoms with Crippen LogP contribution in [-0.2, 0) is 27.2 Å². The van der Waals surface area contributed by atoms with Crippen molar-refractivity contribution in [3.63, 3.8) is 0 Å². The molecule has 0 bridgehead atoms. The molecule has 1 aromatic carbocycles. The molecule has 1 heterocycles. The van der Waals surface area contributed by atoms with Crippen LogP contribution in [0.4, 0.5) is 0 Å². The summed E-state index contributed by atoms with van der Waals surface area (Å²) in [6.07, 6.45) is 2.15. The third-order valence-corrected chi connectivity index (χ3v) is 5.05. The molecule has 0 saturated carbocycles. The second-order valence-corrected chi connectivity index (χ2v) is 7.04. The van der Waals surface area contributed by atoms with E-state index in [1.165, 1.54) is 13.8 Å². The van der Waals surface area contributed by atoms with Crippen molar-refractivity contribution in [3.8, 4) is 11.5 Å². The van der Waals surface area contributed by atoms with Crippen LogP contribution in [-0.4, -0.2) is 24.1 Å². The van der Waals surface area contributed by atoms with Crippen molar-refractivity contribution in [2.75, 3.05) is 6.61 Å². The molecule has 134 valence electrons. The normalized spacial score (nSPS) is 24.2. The van der Waals surface area contributed by atoms with Crippen LogP contribution in [0, 0.1) is 12.8 Å². The largest absolute Gasteiger partial charge is 0.423 e. The predicted octanol–water partition coefficient (Wildman–Crippen LogP) is 2.10. The smallest absolute Gasteiger partial charge is 0.308 e. The van der Waals surface area contributed by atoms with Crippen LogP contribution >= 0.6 is 0 Å². The molecule has 1 fully saturated rings. The highest BCUT2D eigenvalue weighted by molar-refractivity contribution is 5.74. The van der Waals surface area contributed by atoms with Crippen molar-refractivity contribution < 1.29 is 23.8 Å². The van der Waals surface area contributed by atoms with Crippen molar-refractivity contribution >= 4 is 11.9 Å². The maximum absolute atomic E-state index is 13.0. The van der Waals surface area contributed by atoms with E-state index in [1.54, 1.807) is 6.07 Å². The third-order valence-electron chi connectivity index (χ3n) is 5.05. The molecule has 1 saturated heterocycles. The fourth-order valence-electron chi connectivity index (χ4n) is 3.53. The van der Waals surface area contributed by atoms with E-state index in [0.29, 0.717) is 17.9 Å². The van der Waals surface area contributed by atoms with E-state index in [1.807, 2.05) is 6.92 Å². The van der Waals surface area contributed by atoms with Crippen LogP contribution < -0.4 is 14.9 Å². The SMILES string of the molecule is CC(=O)Oc1cc(C)c2c(c(=O)c1OC(C)=O)CC[C@@H](C1(C)CO1)C2. The number of ether oxygens (including phenoxy) is 3. The summed E-state index contributed by atoms with van der Waals surface area (Å²) in [6.45, 7) is 7.16. The summed E-state index contributed by atoms with van der Waals surface area (Å²) in [5.74, 6) is -1.08. The number of aryl methyl sites for hydroxylation is 1. The number of epoxide rings is 1. The molecule has 0 spiro atoms. The average molecular weight is 346 g/mol. The highest BCUT2D eigenvalue weighted by atomic mass is 16.6. The van der Waals surface area contributed by atoms with Gasteiger partial charge in [-0.15, -0.1) is 0 Å². The summed E-state index contributed by atoms with van der Waals surface area (Å²) in [5, 5.41) is 0. The van der Waals surface area contributed by atoms with Crippen LogP contribution in [0.15, 0.2) is 10.9 Å². The van der Waals surface area contributed by atoms with Gasteiger partial charge >= 0.3 is 11.9 Å². The van der Waals surface area contributed by atoms with Gasteiger partial charge in [0.25, 0.3) is 0 Å². The minimum Gasteiger partial charge on any atom is -0.423 e. The van der Waals surface area contributed by atoms with E-state index >= 15 is 0 Å². The van der Waals surface area contributed by atoms with Crippen LogP contribution in [0.3, 0.4) is 0 Å². The topological polar surface area (TPSA) is 82.2 Å². The highest BCUT2D eigenvalue weighted by Gasteiger charge is 2.48. The molecule has 6 heteroatoms. The maximum Gasteiger partial charge on any atom is 0.308 e. The number of esters is 2. The fraction of sp³-hybridized carbons (Fsp3) is 0.526. The summed E-state index contributed by atoms with van der Waals surface area (Å²) in [6, 6.07) is 1.61. The molecule has 2 atom stereocenters. The minimum absolute atomic E-state index is 0.00923. The molecular weight excluding hydrogens is 324 g/mol. The molecule has 0 N–H and O–H groups in total. The zero-order chi connectivity index (χ0) is 18.4. The number of rotatable bonds is 3. The van der Waals surface area contributed by atoms with Gasteiger partial charge in [-0.05, 0) is 56.2 Å². The first kappa shape index (κ1) is 17.6. The molecule has 25 heavy (non-hydrogen) atoms. The Balaban J connectivity index is 2.15. The Labute approximate surface area is 146 Å². The van der Waals surface area contributed by atoms with Gasteiger partial charge in [-0.2, -0.15) is 0 Å². The molecule has 3 rings (SSSR count). The van der Waals surface area contributed by atoms with Gasteiger partial charge in [-0.25, -0.2) is 0 Å². The van der Waals surface area contributed by atoms with Gasteiger partial charge in [0.1, 0.15) is 0 Å². The van der Waals surface area contributed by atoms with Crippen molar-refractivity contribution in [2.24, 2.45) is 5.92 Å². The third kappa shape index (κ3) is 3.44. The lowest BCUT2D eigenvalue weighted by atomic mass is 9.77. The molecular formula is C19H22O6. The molecule has 6 nitrogen and oxygen atoms in total. The molecule has 1 aliphatic heterocycles. The van der Waals surface area contributed by atoms with E-state index in [9.17, 15) is 14.4 Å². The van der Waals surface area contributed by atoms with E-state index in [4.69, 9.17) is 14.2 Å². The van der Waals surface area contributed by atoms with E-state index < -0.39 is 11.9 Å². The summed E-state index contributed by atoms with van der Waals surface area (Å²) >= 11 is 0. The number of carbonyl (C=O) groups excluding carboxylic acids is 2. The Bertz CT molecular complexity index is 806. The van der Waals surface area contributed by atoms with Crippen molar-refractivity contribution in [2.45, 2.75) is 52.6 Å². The van der Waals surface area contributed by atoms with Gasteiger partial charge in [-0.1, -0.05) is 0 Å². The summed E-state index contributed by atoms with van der Waals surface area (Å²) < 4.78 is 15.8. The van der Waals surface area contributed by atoms with Gasteiger partial charge in [0.15, 0.2) is 5.75 Å². The first-order chi connectivity index (χ1) is 11.7. The Morgan fingerprint density at radius 2 is 1.84 bits per heavy atom. The maximum atomic E-state index is 13.0. The van der Waals surface area contributed by atoms with Gasteiger partial charge in [0.2, 0.25) is 11.2 Å². The monoisotopic (exact) mass is 346 g/mol. The summed E-state index contributed by atoms with van der Waals surface area (Å²) in [5.41, 5.74) is 1.92. The Morgan fingerprint density at radius 1 is 1.20 bits per heavy atom. The quantitative estimate of drug-likeness (QED) is 0.616. The summed E-state index contributed by atoms with van der Waals surface area (Å²) in [7, 11) is 0. The van der Waals surface area contributed by atoms with Crippen LogP contribution in [0.25, 0.3) is 0 Å². The van der Waals surface area contributed by atoms with Crippen LogP contribution in [0.1, 0.15) is 43.9 Å². The number of carbonyl (C=O) groups is 2. The Hall–Kier alpha value is -2.21. The molecule has 1 aliphatic carbocycles. The summed E-state index contributed by atoms with van der Waals surface area (Å²) in [4.78, 5) is 35.8. The lowest BCUT2D eigenvalue weighted by Crippen LogP contribution is -2.30. The average Bonchev–Trinajstić information content (AvgIpc) is 3.29. The molecule has 0 radical (unpaired) electrons. The van der Waals surface area contributed by atoms with Gasteiger partial charge in [0, 0.05) is 19.4 Å². The second kappa shape index (κ2) is 6.26. The first-order valence-electron chi connectivity index (χ1n) is 8.41. The minimum atomic E-state index is -0.629. The number of hydrogen-bond donors (Lipinski definition) is 0. The van der Waals surface area contributed by atoms with Gasteiger partial charge in [-0.3, -0.25) is 14.4 Å². The fourth-order valence-corrected chi connectivity index (χ4v) is 3.53. The molecule has 1 unspecified atom stereocenters. The molecule has 2 aliphatic rings. The Morgan fingerprint density at radius 3 is 2.40 bits per heavy atom. The molecule has 0 aromatic heterocycles. The standard InChI is InChI=1S/C19H22O6/c1-10-7-16(24-11(2)20)18(25-12(3)21)17(22)14-6-5-13(8-15(10)14)19(4)9-23-19/h7,13H,5-6,8-9H2,1-4H3/t13-,19?/m1/s1. The second-order valence-electron chi connectivity index (χ2n) is 7.04. The highest BCUT2D eigenvalue weighted by Crippen LogP contribution is 2.43. The van der Waals surface area contributed by atoms with Crippen molar-refractivity contribution in [1.82, 2.24) is 0 Å². The zero-order valence-electron chi connectivity index (χ0n) is 14.9. The van der Waals surface area contributed by atoms with Crippen LogP contribution in [0.5, 0.6) is 11.5 Å². The van der Waals surface area contributed by atoms with Gasteiger partial charge in [0.05, 0.1) is 12.2 Å². The van der Waals surface area contributed by atoms with Crippen molar-refractivity contribution in [1.29, 1.82) is 0 Å². The van der Waals surface area contributed by atoms with E-state index in [-0.39, 0.29) is 22.5 Å². The van der Waals surface area contributed by atoms with E-state index in [0.717, 1.165) is 30.6 Å². The number of hydrogen-bond acceptors (Lipinski definition) is 6. The zero-order valence-corrected chi connectivity index (χ0v) is 14.9.